The lowest BCUT2D eigenvalue weighted by Crippen LogP contribution is -2.27. The molecular weight excluding hydrogens is 302 g/mol. The number of aliphatic hydroxyl groups is 1. The Morgan fingerprint density at radius 2 is 1.96 bits per heavy atom. The zero-order chi connectivity index (χ0) is 16.4. The van der Waals surface area contributed by atoms with Crippen molar-refractivity contribution in [2.45, 2.75) is 37.7 Å². The van der Waals surface area contributed by atoms with Gasteiger partial charge in [0.2, 0.25) is 0 Å². The third kappa shape index (κ3) is 3.51. The summed E-state index contributed by atoms with van der Waals surface area (Å²) in [6.45, 7) is 1.60. The first kappa shape index (κ1) is 15.4. The number of rotatable bonds is 7. The van der Waals surface area contributed by atoms with Crippen LogP contribution in [-0.2, 0) is 0 Å². The van der Waals surface area contributed by atoms with E-state index in [-0.39, 0.29) is 11.5 Å². The van der Waals surface area contributed by atoms with E-state index in [4.69, 9.17) is 4.74 Å². The second kappa shape index (κ2) is 6.40. The summed E-state index contributed by atoms with van der Waals surface area (Å²) in [6, 6.07) is 12.0. The van der Waals surface area contributed by atoms with Gasteiger partial charge in [-0.05, 0) is 37.8 Å². The number of nitrogens with one attached hydrogen (secondary N) is 1. The predicted molar refractivity (Wildman–Crippen MR) is 92.1 cm³/mol. The Morgan fingerprint density at radius 1 is 1.17 bits per heavy atom. The van der Waals surface area contributed by atoms with Crippen molar-refractivity contribution in [2.24, 2.45) is 5.41 Å². The van der Waals surface area contributed by atoms with Gasteiger partial charge in [-0.3, -0.25) is 0 Å². The van der Waals surface area contributed by atoms with Crippen molar-refractivity contribution < 1.29 is 9.84 Å². The minimum Gasteiger partial charge on any atom is -0.493 e. The van der Waals surface area contributed by atoms with E-state index in [2.05, 4.69) is 15.3 Å². The van der Waals surface area contributed by atoms with Gasteiger partial charge in [-0.2, -0.15) is 0 Å². The number of ether oxygens (including phenoxy) is 1. The van der Waals surface area contributed by atoms with Gasteiger partial charge in [-0.1, -0.05) is 18.2 Å². The predicted octanol–water partition coefficient (Wildman–Crippen LogP) is 2.99. The molecule has 5 nitrogen and oxygen atoms in total. The maximum Gasteiger partial charge on any atom is 0.129 e. The highest BCUT2D eigenvalue weighted by Gasteiger charge is 2.43. The van der Waals surface area contributed by atoms with E-state index in [1.54, 1.807) is 6.33 Å². The largest absolute Gasteiger partial charge is 0.493 e. The molecule has 0 radical (unpaired) electrons. The Hall–Kier alpha value is -2.14. The van der Waals surface area contributed by atoms with Gasteiger partial charge in [0.05, 0.1) is 12.7 Å². The molecule has 0 unspecified atom stereocenters. The van der Waals surface area contributed by atoms with Gasteiger partial charge in [-0.25, -0.2) is 9.97 Å². The lowest BCUT2D eigenvalue weighted by molar-refractivity contribution is 0.0732. The van der Waals surface area contributed by atoms with Gasteiger partial charge in [0.15, 0.2) is 0 Å². The van der Waals surface area contributed by atoms with Crippen LogP contribution in [0.5, 0.6) is 5.75 Å². The zero-order valence-electron chi connectivity index (χ0n) is 13.7. The Kier molecular flexibility index (Phi) is 4.10. The molecule has 0 aliphatic heterocycles. The fraction of sp³-hybridized carbons (Fsp3) is 0.474. The first-order chi connectivity index (χ1) is 11.7. The normalized spacial score (nSPS) is 24.0. The Bertz CT molecular complexity index is 682. The minimum atomic E-state index is -0.161. The zero-order valence-corrected chi connectivity index (χ0v) is 13.7. The molecule has 0 spiro atoms. The number of benzene rings is 1. The summed E-state index contributed by atoms with van der Waals surface area (Å²) in [4.78, 5) is 8.67. The van der Waals surface area contributed by atoms with Crippen LogP contribution >= 0.6 is 0 Å². The number of nitrogens with zero attached hydrogens (tertiary/aromatic N) is 2. The standard InChI is InChI=1S/C19H23N3O2/c23-15-8-14(9-15)17-10-18(22-13-21-17)20-11-19(6-7-19)12-24-16-4-2-1-3-5-16/h1-5,10,13-15,23H,6-9,11-12H2,(H,20,21,22). The number of hydrogen-bond donors (Lipinski definition) is 2. The maximum absolute atomic E-state index is 9.45. The average Bonchev–Trinajstić information content (AvgIpc) is 3.37. The second-order valence-corrected chi connectivity index (χ2v) is 7.11. The van der Waals surface area contributed by atoms with Gasteiger partial charge in [-0.15, -0.1) is 0 Å². The molecule has 2 aromatic rings. The van der Waals surface area contributed by atoms with Crippen LogP contribution in [0.2, 0.25) is 0 Å². The summed E-state index contributed by atoms with van der Waals surface area (Å²) in [6.07, 6.45) is 5.43. The fourth-order valence-electron chi connectivity index (χ4n) is 3.10. The lowest BCUT2D eigenvalue weighted by Gasteiger charge is -2.30. The highest BCUT2D eigenvalue weighted by Crippen LogP contribution is 2.46. The lowest BCUT2D eigenvalue weighted by atomic mass is 9.80. The molecule has 0 amide bonds. The summed E-state index contributed by atoms with van der Waals surface area (Å²) in [5, 5.41) is 12.9. The molecule has 2 aliphatic carbocycles. The highest BCUT2D eigenvalue weighted by atomic mass is 16.5. The quantitative estimate of drug-likeness (QED) is 0.819. The first-order valence-corrected chi connectivity index (χ1v) is 8.64. The Labute approximate surface area is 142 Å². The molecular formula is C19H23N3O2. The molecule has 5 heteroatoms. The van der Waals surface area contributed by atoms with Gasteiger partial charge < -0.3 is 15.2 Å². The number of hydrogen-bond acceptors (Lipinski definition) is 5. The molecule has 0 saturated heterocycles. The van der Waals surface area contributed by atoms with Gasteiger partial charge in [0, 0.05) is 29.6 Å². The van der Waals surface area contributed by atoms with E-state index in [0.29, 0.717) is 5.92 Å². The average molecular weight is 325 g/mol. The van der Waals surface area contributed by atoms with Crippen LogP contribution in [0.1, 0.15) is 37.3 Å². The number of aromatic nitrogens is 2. The third-order valence-electron chi connectivity index (χ3n) is 5.11. The highest BCUT2D eigenvalue weighted by molar-refractivity contribution is 5.37. The second-order valence-electron chi connectivity index (χ2n) is 7.11. The van der Waals surface area contributed by atoms with Crippen molar-refractivity contribution in [3.05, 3.63) is 48.4 Å². The van der Waals surface area contributed by atoms with E-state index in [0.717, 1.165) is 43.3 Å². The van der Waals surface area contributed by atoms with Crippen LogP contribution in [-0.4, -0.2) is 34.3 Å². The molecule has 0 bridgehead atoms. The molecule has 0 atom stereocenters. The van der Waals surface area contributed by atoms with Crippen LogP contribution in [0.4, 0.5) is 5.82 Å². The molecule has 4 rings (SSSR count). The number of para-hydroxylation sites is 1. The number of aliphatic hydroxyl groups excluding tert-OH is 1. The van der Waals surface area contributed by atoms with Gasteiger partial charge in [0.25, 0.3) is 0 Å². The summed E-state index contributed by atoms with van der Waals surface area (Å²) >= 11 is 0. The minimum absolute atomic E-state index is 0.161. The van der Waals surface area contributed by atoms with E-state index in [1.807, 2.05) is 36.4 Å². The van der Waals surface area contributed by atoms with Crippen LogP contribution < -0.4 is 10.1 Å². The summed E-state index contributed by atoms with van der Waals surface area (Å²) in [5.41, 5.74) is 1.25. The van der Waals surface area contributed by atoms with Crippen LogP contribution in [0, 0.1) is 5.41 Å². The SMILES string of the molecule is OC1CC(c2cc(NCC3(COc4ccccc4)CC3)ncn2)C1. The van der Waals surface area contributed by atoms with Gasteiger partial charge in [0.1, 0.15) is 17.9 Å². The molecule has 126 valence electrons. The van der Waals surface area contributed by atoms with E-state index in [1.165, 1.54) is 12.8 Å². The van der Waals surface area contributed by atoms with E-state index >= 15 is 0 Å². The van der Waals surface area contributed by atoms with Crippen molar-refractivity contribution >= 4 is 5.82 Å². The van der Waals surface area contributed by atoms with E-state index in [9.17, 15) is 5.11 Å². The molecule has 2 N–H and O–H groups in total. The molecule has 1 heterocycles. The molecule has 1 aromatic carbocycles. The number of anilines is 1. The van der Waals surface area contributed by atoms with Gasteiger partial charge >= 0.3 is 0 Å². The van der Waals surface area contributed by atoms with Crippen molar-refractivity contribution in [1.82, 2.24) is 9.97 Å². The monoisotopic (exact) mass is 325 g/mol. The maximum atomic E-state index is 9.45. The fourth-order valence-corrected chi connectivity index (χ4v) is 3.10. The molecule has 2 aliphatic rings. The van der Waals surface area contributed by atoms with E-state index < -0.39 is 0 Å². The van der Waals surface area contributed by atoms with Crippen molar-refractivity contribution in [2.75, 3.05) is 18.5 Å². The molecule has 2 fully saturated rings. The molecule has 24 heavy (non-hydrogen) atoms. The smallest absolute Gasteiger partial charge is 0.129 e. The summed E-state index contributed by atoms with van der Waals surface area (Å²) in [5.74, 6) is 2.17. The molecule has 1 aromatic heterocycles. The first-order valence-electron chi connectivity index (χ1n) is 8.64. The van der Waals surface area contributed by atoms with Crippen molar-refractivity contribution in [1.29, 1.82) is 0 Å². The van der Waals surface area contributed by atoms with Crippen LogP contribution in [0.3, 0.4) is 0 Å². The summed E-state index contributed by atoms with van der Waals surface area (Å²) < 4.78 is 5.92. The topological polar surface area (TPSA) is 67.3 Å². The Balaban J connectivity index is 1.31. The Morgan fingerprint density at radius 3 is 2.67 bits per heavy atom. The van der Waals surface area contributed by atoms with Crippen LogP contribution in [0.15, 0.2) is 42.7 Å². The van der Waals surface area contributed by atoms with Crippen molar-refractivity contribution in [3.63, 3.8) is 0 Å². The molecule has 2 saturated carbocycles. The van der Waals surface area contributed by atoms with Crippen molar-refractivity contribution in [3.8, 4) is 5.75 Å². The summed E-state index contributed by atoms with van der Waals surface area (Å²) in [7, 11) is 0. The van der Waals surface area contributed by atoms with Crippen LogP contribution in [0.25, 0.3) is 0 Å². The third-order valence-corrected chi connectivity index (χ3v) is 5.11.